The first kappa shape index (κ1) is 13.1. The summed E-state index contributed by atoms with van der Waals surface area (Å²) in [6.45, 7) is 1.84. The van der Waals surface area contributed by atoms with Crippen LogP contribution >= 0.6 is 11.6 Å². The minimum absolute atomic E-state index is 0.315. The number of carbonyl (C=O) groups excluding carboxylic acids is 1. The summed E-state index contributed by atoms with van der Waals surface area (Å²) in [5.41, 5.74) is 2.11. The Kier molecular flexibility index (Phi) is 3.79. The van der Waals surface area contributed by atoms with E-state index in [1.165, 1.54) is 12.3 Å². The molecule has 0 fully saturated rings. The number of anilines is 1. The molecule has 5 heteroatoms. The maximum atomic E-state index is 12.0. The largest absolute Gasteiger partial charge is 0.321 e. The molecule has 2 aromatic rings. The van der Waals surface area contributed by atoms with E-state index in [0.29, 0.717) is 21.8 Å². The van der Waals surface area contributed by atoms with E-state index in [0.717, 1.165) is 5.69 Å². The quantitative estimate of drug-likeness (QED) is 0.912. The van der Waals surface area contributed by atoms with Crippen molar-refractivity contribution < 1.29 is 4.79 Å². The number of nitriles is 1. The zero-order valence-electron chi connectivity index (χ0n) is 10.1. The van der Waals surface area contributed by atoms with Crippen LogP contribution < -0.4 is 5.32 Å². The van der Waals surface area contributed by atoms with Crippen LogP contribution in [0.2, 0.25) is 5.02 Å². The third-order valence-electron chi connectivity index (χ3n) is 2.52. The van der Waals surface area contributed by atoms with Crippen LogP contribution in [0.3, 0.4) is 0 Å². The van der Waals surface area contributed by atoms with E-state index >= 15 is 0 Å². The van der Waals surface area contributed by atoms with Crippen molar-refractivity contribution in [3.8, 4) is 6.07 Å². The fourth-order valence-electron chi connectivity index (χ4n) is 1.49. The highest BCUT2D eigenvalue weighted by atomic mass is 35.5. The molecule has 0 radical (unpaired) electrons. The highest BCUT2D eigenvalue weighted by Crippen LogP contribution is 2.23. The lowest BCUT2D eigenvalue weighted by Gasteiger charge is -2.07. The SMILES string of the molecule is Cc1ccc(C(=O)Nc2cc(C#N)ccc2Cl)cn1. The Morgan fingerprint density at radius 1 is 1.37 bits per heavy atom. The lowest BCUT2D eigenvalue weighted by molar-refractivity contribution is 0.102. The molecule has 0 unspecified atom stereocenters. The van der Waals surface area contributed by atoms with Gasteiger partial charge in [0.1, 0.15) is 0 Å². The first-order valence-electron chi connectivity index (χ1n) is 5.54. The molecule has 1 aromatic carbocycles. The van der Waals surface area contributed by atoms with Crippen LogP contribution in [0.1, 0.15) is 21.6 Å². The molecule has 0 aliphatic carbocycles. The standard InChI is InChI=1S/C14H10ClN3O/c1-9-2-4-11(8-17-9)14(19)18-13-6-10(7-16)3-5-12(13)15/h2-6,8H,1H3,(H,18,19). The number of carbonyl (C=O) groups is 1. The Labute approximate surface area is 115 Å². The van der Waals surface area contributed by atoms with Crippen LogP contribution in [0.15, 0.2) is 36.5 Å². The molecule has 1 amide bonds. The molecule has 1 aromatic heterocycles. The van der Waals surface area contributed by atoms with Crippen LogP contribution in [0.5, 0.6) is 0 Å². The number of benzene rings is 1. The van der Waals surface area contributed by atoms with E-state index in [4.69, 9.17) is 16.9 Å². The maximum Gasteiger partial charge on any atom is 0.257 e. The molecule has 0 saturated carbocycles. The molecular weight excluding hydrogens is 262 g/mol. The number of pyridine rings is 1. The zero-order valence-corrected chi connectivity index (χ0v) is 10.9. The van der Waals surface area contributed by atoms with Gasteiger partial charge in [0.25, 0.3) is 5.91 Å². The Morgan fingerprint density at radius 2 is 2.16 bits per heavy atom. The predicted octanol–water partition coefficient (Wildman–Crippen LogP) is 3.17. The Morgan fingerprint density at radius 3 is 2.79 bits per heavy atom. The van der Waals surface area contributed by atoms with Gasteiger partial charge in [-0.2, -0.15) is 5.26 Å². The van der Waals surface area contributed by atoms with Crippen molar-refractivity contribution in [1.82, 2.24) is 4.98 Å². The summed E-state index contributed by atoms with van der Waals surface area (Å²) in [5.74, 6) is -0.315. The van der Waals surface area contributed by atoms with Crippen LogP contribution in [0, 0.1) is 18.3 Å². The Hall–Kier alpha value is -2.38. The fraction of sp³-hybridized carbons (Fsp3) is 0.0714. The average Bonchev–Trinajstić information content (AvgIpc) is 2.42. The molecule has 2 rings (SSSR count). The van der Waals surface area contributed by atoms with Crippen LogP contribution in [-0.4, -0.2) is 10.9 Å². The number of nitrogens with one attached hydrogen (secondary N) is 1. The summed E-state index contributed by atoms with van der Waals surface area (Å²) in [6.07, 6.45) is 1.49. The molecule has 0 atom stereocenters. The van der Waals surface area contributed by atoms with Gasteiger partial charge in [0, 0.05) is 11.9 Å². The number of rotatable bonds is 2. The smallest absolute Gasteiger partial charge is 0.257 e. The first-order chi connectivity index (χ1) is 9.10. The number of aromatic nitrogens is 1. The minimum atomic E-state index is -0.315. The molecule has 94 valence electrons. The van der Waals surface area contributed by atoms with E-state index < -0.39 is 0 Å². The molecule has 1 N–H and O–H groups in total. The predicted molar refractivity (Wildman–Crippen MR) is 73.1 cm³/mol. The van der Waals surface area contributed by atoms with Gasteiger partial charge in [-0.3, -0.25) is 9.78 Å². The number of aryl methyl sites for hydroxylation is 1. The van der Waals surface area contributed by atoms with Crippen molar-refractivity contribution in [1.29, 1.82) is 5.26 Å². The Bertz CT molecular complexity index is 659. The fourth-order valence-corrected chi connectivity index (χ4v) is 1.65. The topological polar surface area (TPSA) is 65.8 Å². The highest BCUT2D eigenvalue weighted by molar-refractivity contribution is 6.34. The molecular formula is C14H10ClN3O. The second kappa shape index (κ2) is 5.51. The van der Waals surface area contributed by atoms with Crippen LogP contribution in [0.25, 0.3) is 0 Å². The van der Waals surface area contributed by atoms with Gasteiger partial charge in [-0.05, 0) is 37.3 Å². The van der Waals surface area contributed by atoms with Crippen LogP contribution in [-0.2, 0) is 0 Å². The van der Waals surface area contributed by atoms with Gasteiger partial charge < -0.3 is 5.32 Å². The Balaban J connectivity index is 2.24. The average molecular weight is 272 g/mol. The van der Waals surface area contributed by atoms with Gasteiger partial charge in [-0.1, -0.05) is 11.6 Å². The van der Waals surface area contributed by atoms with Crippen molar-refractivity contribution >= 4 is 23.2 Å². The van der Waals surface area contributed by atoms with Crippen molar-refractivity contribution in [3.05, 3.63) is 58.4 Å². The molecule has 0 bridgehead atoms. The molecule has 19 heavy (non-hydrogen) atoms. The van der Waals surface area contributed by atoms with E-state index in [-0.39, 0.29) is 5.91 Å². The maximum absolute atomic E-state index is 12.0. The van der Waals surface area contributed by atoms with E-state index in [2.05, 4.69) is 10.3 Å². The number of hydrogen-bond donors (Lipinski definition) is 1. The molecule has 0 spiro atoms. The van der Waals surface area contributed by atoms with Gasteiger partial charge in [-0.15, -0.1) is 0 Å². The van der Waals surface area contributed by atoms with Crippen molar-refractivity contribution in [2.75, 3.05) is 5.32 Å². The second-order valence-corrected chi connectivity index (χ2v) is 4.36. The first-order valence-corrected chi connectivity index (χ1v) is 5.91. The summed E-state index contributed by atoms with van der Waals surface area (Å²) in [7, 11) is 0. The summed E-state index contributed by atoms with van der Waals surface area (Å²) >= 11 is 5.97. The van der Waals surface area contributed by atoms with Gasteiger partial charge in [0.2, 0.25) is 0 Å². The molecule has 0 saturated heterocycles. The second-order valence-electron chi connectivity index (χ2n) is 3.95. The molecule has 1 heterocycles. The number of amides is 1. The van der Waals surface area contributed by atoms with E-state index in [1.807, 2.05) is 13.0 Å². The normalized spacial score (nSPS) is 9.74. The molecule has 0 aliphatic heterocycles. The highest BCUT2D eigenvalue weighted by Gasteiger charge is 2.09. The molecule has 4 nitrogen and oxygen atoms in total. The van der Waals surface area contributed by atoms with Gasteiger partial charge in [0.15, 0.2) is 0 Å². The summed E-state index contributed by atoms with van der Waals surface area (Å²) < 4.78 is 0. The van der Waals surface area contributed by atoms with Gasteiger partial charge >= 0.3 is 0 Å². The lowest BCUT2D eigenvalue weighted by Crippen LogP contribution is -2.12. The third-order valence-corrected chi connectivity index (χ3v) is 2.85. The number of nitrogens with zero attached hydrogens (tertiary/aromatic N) is 2. The van der Waals surface area contributed by atoms with Crippen molar-refractivity contribution in [2.45, 2.75) is 6.92 Å². The minimum Gasteiger partial charge on any atom is -0.321 e. The number of hydrogen-bond acceptors (Lipinski definition) is 3. The van der Waals surface area contributed by atoms with Crippen LogP contribution in [0.4, 0.5) is 5.69 Å². The summed E-state index contributed by atoms with van der Waals surface area (Å²) in [5, 5.41) is 11.9. The van der Waals surface area contributed by atoms with Gasteiger partial charge in [-0.25, -0.2) is 0 Å². The third kappa shape index (κ3) is 3.09. The summed E-state index contributed by atoms with van der Waals surface area (Å²) in [4.78, 5) is 16.0. The summed E-state index contributed by atoms with van der Waals surface area (Å²) in [6, 6.07) is 10.1. The van der Waals surface area contributed by atoms with Gasteiger partial charge in [0.05, 0.1) is 27.9 Å². The van der Waals surface area contributed by atoms with Crippen molar-refractivity contribution in [3.63, 3.8) is 0 Å². The lowest BCUT2D eigenvalue weighted by atomic mass is 10.2. The number of halogens is 1. The van der Waals surface area contributed by atoms with E-state index in [9.17, 15) is 4.79 Å². The monoisotopic (exact) mass is 271 g/mol. The van der Waals surface area contributed by atoms with Crippen molar-refractivity contribution in [2.24, 2.45) is 0 Å². The van der Waals surface area contributed by atoms with E-state index in [1.54, 1.807) is 24.3 Å². The molecule has 0 aliphatic rings. The zero-order chi connectivity index (χ0) is 13.8.